The summed E-state index contributed by atoms with van der Waals surface area (Å²) in [6.07, 6.45) is 1.76. The summed E-state index contributed by atoms with van der Waals surface area (Å²) in [4.78, 5) is 34.7. The van der Waals surface area contributed by atoms with Crippen LogP contribution in [0.1, 0.15) is 51.1 Å². The number of nitrogens with zero attached hydrogens (tertiary/aromatic N) is 4. The third-order valence-corrected chi connectivity index (χ3v) is 6.82. The van der Waals surface area contributed by atoms with Crippen molar-refractivity contribution >= 4 is 23.2 Å². The maximum Gasteiger partial charge on any atom is 0.276 e. The van der Waals surface area contributed by atoms with Gasteiger partial charge in [0, 0.05) is 24.0 Å². The number of aryl methyl sites for hydroxylation is 3. The van der Waals surface area contributed by atoms with Crippen LogP contribution in [0.4, 0.5) is 0 Å². The van der Waals surface area contributed by atoms with Crippen LogP contribution in [0.25, 0.3) is 0 Å². The zero-order valence-electron chi connectivity index (χ0n) is 17.1. The molecular weight excluding hydrogens is 392 g/mol. The molecule has 2 fully saturated rings. The molecule has 0 N–H and O–H groups in total. The van der Waals surface area contributed by atoms with Crippen molar-refractivity contribution in [2.75, 3.05) is 26.2 Å². The van der Waals surface area contributed by atoms with Gasteiger partial charge in [0.1, 0.15) is 10.8 Å². The average molecular weight is 419 g/mol. The van der Waals surface area contributed by atoms with Crippen molar-refractivity contribution in [1.29, 1.82) is 0 Å². The maximum atomic E-state index is 12.6. The van der Waals surface area contributed by atoms with E-state index in [1.807, 2.05) is 11.8 Å². The van der Waals surface area contributed by atoms with E-state index in [4.69, 9.17) is 9.26 Å². The Morgan fingerprint density at radius 3 is 2.66 bits per heavy atom. The lowest BCUT2D eigenvalue weighted by Gasteiger charge is -2.42. The lowest BCUT2D eigenvalue weighted by molar-refractivity contribution is -0.132. The second-order valence-electron chi connectivity index (χ2n) is 7.90. The van der Waals surface area contributed by atoms with Gasteiger partial charge in [0.2, 0.25) is 5.91 Å². The molecule has 0 aliphatic carbocycles. The molecule has 0 saturated carbocycles. The molecule has 8 nitrogen and oxygen atoms in total. The van der Waals surface area contributed by atoms with Gasteiger partial charge in [-0.05, 0) is 33.6 Å². The summed E-state index contributed by atoms with van der Waals surface area (Å²) in [5, 5.41) is 4.79. The van der Waals surface area contributed by atoms with Crippen molar-refractivity contribution in [3.8, 4) is 0 Å². The second-order valence-corrected chi connectivity index (χ2v) is 9.18. The zero-order chi connectivity index (χ0) is 20.6. The van der Waals surface area contributed by atoms with Crippen molar-refractivity contribution < 1.29 is 18.8 Å². The summed E-state index contributed by atoms with van der Waals surface area (Å²) in [5.74, 6) is 0.603. The summed E-state index contributed by atoms with van der Waals surface area (Å²) < 4.78 is 11.2. The van der Waals surface area contributed by atoms with Crippen LogP contribution in [0.2, 0.25) is 0 Å². The Labute approximate surface area is 173 Å². The van der Waals surface area contributed by atoms with E-state index in [0.717, 1.165) is 10.7 Å². The van der Waals surface area contributed by atoms with Crippen LogP contribution in [0.15, 0.2) is 10.6 Å². The van der Waals surface area contributed by atoms with E-state index >= 15 is 0 Å². The van der Waals surface area contributed by atoms with E-state index in [1.54, 1.807) is 29.2 Å². The maximum absolute atomic E-state index is 12.6. The van der Waals surface area contributed by atoms with Gasteiger partial charge in [-0.15, -0.1) is 11.3 Å². The van der Waals surface area contributed by atoms with Gasteiger partial charge in [-0.2, -0.15) is 0 Å². The molecule has 2 amide bonds. The number of carbonyl (C=O) groups excluding carboxylic acids is 2. The second kappa shape index (κ2) is 7.87. The quantitative estimate of drug-likeness (QED) is 0.761. The predicted molar refractivity (Wildman–Crippen MR) is 107 cm³/mol. The van der Waals surface area contributed by atoms with Gasteiger partial charge in [-0.25, -0.2) is 4.98 Å². The number of piperidine rings is 1. The van der Waals surface area contributed by atoms with Crippen LogP contribution in [0.3, 0.4) is 0 Å². The van der Waals surface area contributed by atoms with E-state index < -0.39 is 5.60 Å². The Balaban J connectivity index is 1.43. The molecule has 2 aliphatic rings. The lowest BCUT2D eigenvalue weighted by atomic mass is 9.90. The minimum atomic E-state index is -0.413. The first-order chi connectivity index (χ1) is 13.8. The van der Waals surface area contributed by atoms with Gasteiger partial charge in [0.15, 0.2) is 5.69 Å². The standard InChI is InChI=1S/C20H26N4O4S/c1-13-10-16(22-28-13)19(26)23-7-5-20(6-8-23)12-24(18(25)4-9-27-20)11-17-21-14(2)15(3)29-17/h10H,4-9,11-12H2,1-3H3. The Bertz CT molecular complexity index is 894. The summed E-state index contributed by atoms with van der Waals surface area (Å²) in [5.41, 5.74) is 0.948. The molecule has 2 aromatic heterocycles. The molecule has 4 rings (SSSR count). The number of rotatable bonds is 3. The van der Waals surface area contributed by atoms with Crippen molar-refractivity contribution in [3.05, 3.63) is 33.1 Å². The number of amides is 2. The number of hydrogen-bond donors (Lipinski definition) is 0. The van der Waals surface area contributed by atoms with E-state index in [1.165, 1.54) is 4.88 Å². The van der Waals surface area contributed by atoms with Gasteiger partial charge >= 0.3 is 0 Å². The third-order valence-electron chi connectivity index (χ3n) is 5.76. The number of carbonyl (C=O) groups is 2. The van der Waals surface area contributed by atoms with Crippen LogP contribution in [-0.2, 0) is 16.1 Å². The summed E-state index contributed by atoms with van der Waals surface area (Å²) in [7, 11) is 0. The lowest BCUT2D eigenvalue weighted by Crippen LogP contribution is -2.53. The fourth-order valence-corrected chi connectivity index (χ4v) is 4.91. The van der Waals surface area contributed by atoms with Crippen LogP contribution < -0.4 is 0 Å². The first-order valence-electron chi connectivity index (χ1n) is 9.92. The normalized spacial score (nSPS) is 19.6. The van der Waals surface area contributed by atoms with Gasteiger partial charge in [-0.1, -0.05) is 5.16 Å². The van der Waals surface area contributed by atoms with Crippen LogP contribution in [0, 0.1) is 20.8 Å². The van der Waals surface area contributed by atoms with Gasteiger partial charge < -0.3 is 19.1 Å². The van der Waals surface area contributed by atoms with Crippen LogP contribution in [0.5, 0.6) is 0 Å². The minimum absolute atomic E-state index is 0.101. The number of thiazole rings is 1. The molecule has 2 saturated heterocycles. The first kappa shape index (κ1) is 20.0. The van der Waals surface area contributed by atoms with Crippen molar-refractivity contribution in [1.82, 2.24) is 19.9 Å². The molecule has 2 aromatic rings. The molecule has 0 unspecified atom stereocenters. The molecule has 4 heterocycles. The Hall–Kier alpha value is -2.26. The zero-order valence-corrected chi connectivity index (χ0v) is 17.9. The first-order valence-corrected chi connectivity index (χ1v) is 10.7. The fourth-order valence-electron chi connectivity index (χ4n) is 3.96. The van der Waals surface area contributed by atoms with Gasteiger partial charge in [-0.3, -0.25) is 9.59 Å². The molecule has 9 heteroatoms. The molecule has 0 bridgehead atoms. The summed E-state index contributed by atoms with van der Waals surface area (Å²) >= 11 is 1.64. The van der Waals surface area contributed by atoms with E-state index in [0.29, 0.717) is 63.5 Å². The van der Waals surface area contributed by atoms with Crippen molar-refractivity contribution in [2.24, 2.45) is 0 Å². The minimum Gasteiger partial charge on any atom is -0.372 e. The molecule has 2 aliphatic heterocycles. The molecule has 0 aromatic carbocycles. The smallest absolute Gasteiger partial charge is 0.276 e. The summed E-state index contributed by atoms with van der Waals surface area (Å²) in [6, 6.07) is 1.66. The van der Waals surface area contributed by atoms with Crippen LogP contribution >= 0.6 is 11.3 Å². The topological polar surface area (TPSA) is 88.8 Å². The highest BCUT2D eigenvalue weighted by Gasteiger charge is 2.41. The van der Waals surface area contributed by atoms with Crippen LogP contribution in [-0.4, -0.2) is 63.6 Å². The highest BCUT2D eigenvalue weighted by atomic mass is 32.1. The van der Waals surface area contributed by atoms with E-state index in [2.05, 4.69) is 17.1 Å². The average Bonchev–Trinajstić information content (AvgIpc) is 3.22. The Kier molecular flexibility index (Phi) is 5.44. The van der Waals surface area contributed by atoms with Crippen molar-refractivity contribution in [3.63, 3.8) is 0 Å². The Morgan fingerprint density at radius 2 is 2.03 bits per heavy atom. The van der Waals surface area contributed by atoms with Gasteiger partial charge in [0.05, 0.1) is 37.4 Å². The highest BCUT2D eigenvalue weighted by molar-refractivity contribution is 7.11. The van der Waals surface area contributed by atoms with Crippen molar-refractivity contribution in [2.45, 2.75) is 52.2 Å². The molecule has 1 spiro atoms. The monoisotopic (exact) mass is 418 g/mol. The molecule has 0 radical (unpaired) electrons. The number of ether oxygens (including phenoxy) is 1. The van der Waals surface area contributed by atoms with E-state index in [9.17, 15) is 9.59 Å². The summed E-state index contributed by atoms with van der Waals surface area (Å²) in [6.45, 7) is 8.43. The number of aromatic nitrogens is 2. The fraction of sp³-hybridized carbons (Fsp3) is 0.600. The predicted octanol–water partition coefficient (Wildman–Crippen LogP) is 2.48. The largest absolute Gasteiger partial charge is 0.372 e. The molecule has 0 atom stereocenters. The SMILES string of the molecule is Cc1cc(C(=O)N2CCC3(CC2)CN(Cc2nc(C)c(C)s2)C(=O)CCO3)no1. The number of hydrogen-bond acceptors (Lipinski definition) is 7. The molecule has 29 heavy (non-hydrogen) atoms. The number of likely N-dealkylation sites (tertiary alicyclic amines) is 1. The third kappa shape index (κ3) is 4.20. The molecule has 156 valence electrons. The van der Waals surface area contributed by atoms with Gasteiger partial charge in [0.25, 0.3) is 5.91 Å². The Morgan fingerprint density at radius 1 is 1.28 bits per heavy atom. The molecular formula is C20H26N4O4S. The van der Waals surface area contributed by atoms with E-state index in [-0.39, 0.29) is 11.8 Å². The highest BCUT2D eigenvalue weighted by Crippen LogP contribution is 2.32.